The Morgan fingerprint density at radius 2 is 2.24 bits per heavy atom. The van der Waals surface area contributed by atoms with E-state index in [1.54, 1.807) is 0 Å². The zero-order chi connectivity index (χ0) is 15.3. The summed E-state index contributed by atoms with van der Waals surface area (Å²) in [5, 5.41) is 14.2. The molecule has 0 unspecified atom stereocenters. The quantitative estimate of drug-likeness (QED) is 0.867. The molecule has 2 heterocycles. The summed E-state index contributed by atoms with van der Waals surface area (Å²) in [4.78, 5) is 12.2. The maximum absolute atomic E-state index is 13.4. The molecule has 0 radical (unpaired) electrons. The number of amides is 1. The predicted octanol–water partition coefficient (Wildman–Crippen LogP) is 2.53. The number of hydrogen-bond donors (Lipinski definition) is 1. The van der Waals surface area contributed by atoms with Gasteiger partial charge in [0, 0.05) is 5.71 Å². The lowest BCUT2D eigenvalue weighted by Crippen LogP contribution is -2.61. The van der Waals surface area contributed by atoms with E-state index in [0.717, 1.165) is 0 Å². The molecule has 1 aliphatic heterocycles. The van der Waals surface area contributed by atoms with Crippen LogP contribution in [0.3, 0.4) is 0 Å². The van der Waals surface area contributed by atoms with Crippen LogP contribution in [0, 0.1) is 5.92 Å². The second-order valence-corrected chi connectivity index (χ2v) is 5.21. The number of hydrogen-bond acceptors (Lipinski definition) is 4. The first-order valence-corrected chi connectivity index (χ1v) is 6.60. The van der Waals surface area contributed by atoms with E-state index in [-0.39, 0.29) is 22.9 Å². The van der Waals surface area contributed by atoms with Crippen molar-refractivity contribution in [3.63, 3.8) is 0 Å². The van der Waals surface area contributed by atoms with E-state index >= 15 is 0 Å². The van der Waals surface area contributed by atoms with Crippen LogP contribution in [-0.2, 0) is 0 Å². The highest BCUT2D eigenvalue weighted by Gasteiger charge is 2.68. The Morgan fingerprint density at radius 1 is 1.48 bits per heavy atom. The molecule has 0 aromatic carbocycles. The van der Waals surface area contributed by atoms with E-state index in [9.17, 15) is 23.1 Å². The van der Waals surface area contributed by atoms with Gasteiger partial charge in [0.25, 0.3) is 5.72 Å². The third kappa shape index (κ3) is 1.97. The number of fused-ring (bicyclic) bond motifs is 1. The van der Waals surface area contributed by atoms with Crippen LogP contribution in [0.4, 0.5) is 13.2 Å². The molecule has 1 aromatic heterocycles. The van der Waals surface area contributed by atoms with Crippen molar-refractivity contribution in [2.24, 2.45) is 11.0 Å². The van der Waals surface area contributed by atoms with E-state index in [0.29, 0.717) is 19.3 Å². The molecule has 0 bridgehead atoms. The van der Waals surface area contributed by atoms with Crippen molar-refractivity contribution < 1.29 is 27.5 Å². The van der Waals surface area contributed by atoms with Crippen molar-refractivity contribution >= 4 is 11.6 Å². The smallest absolute Gasteiger partial charge is 0.439 e. The Kier molecular flexibility index (Phi) is 3.09. The lowest BCUT2D eigenvalue weighted by molar-refractivity contribution is -0.312. The van der Waals surface area contributed by atoms with Gasteiger partial charge in [0.05, 0.1) is 12.2 Å². The van der Waals surface area contributed by atoms with Gasteiger partial charge >= 0.3 is 12.1 Å². The summed E-state index contributed by atoms with van der Waals surface area (Å²) >= 11 is 0. The number of furan rings is 1. The molecule has 2 aliphatic rings. The number of rotatable bonds is 1. The number of alkyl halides is 3. The molecule has 1 N–H and O–H groups in total. The van der Waals surface area contributed by atoms with Gasteiger partial charge in [-0.1, -0.05) is 6.42 Å². The van der Waals surface area contributed by atoms with Gasteiger partial charge in [-0.2, -0.15) is 23.3 Å². The standard InChI is InChI=1S/C13H13F3N2O3/c14-13(15,16)12(20)8-4-1-2-5-9(8)17-18(12)11(19)10-6-3-7-21-10/h3,6-8,20H,1-2,4-5H2/t8-,12+/m0/s1. The monoisotopic (exact) mass is 302 g/mol. The molecular formula is C13H13F3N2O3. The van der Waals surface area contributed by atoms with Crippen LogP contribution in [0.1, 0.15) is 36.2 Å². The van der Waals surface area contributed by atoms with Gasteiger partial charge in [-0.25, -0.2) is 0 Å². The molecular weight excluding hydrogens is 289 g/mol. The lowest BCUT2D eigenvalue weighted by atomic mass is 9.80. The van der Waals surface area contributed by atoms with Crippen molar-refractivity contribution in [3.8, 4) is 0 Å². The summed E-state index contributed by atoms with van der Waals surface area (Å²) in [7, 11) is 0. The van der Waals surface area contributed by atoms with E-state index in [2.05, 4.69) is 5.10 Å². The molecule has 114 valence electrons. The minimum Gasteiger partial charge on any atom is -0.459 e. The Labute approximate surface area is 118 Å². The highest BCUT2D eigenvalue weighted by atomic mass is 19.4. The van der Waals surface area contributed by atoms with Crippen molar-refractivity contribution in [2.75, 3.05) is 0 Å². The first-order valence-electron chi connectivity index (χ1n) is 6.60. The van der Waals surface area contributed by atoms with Crippen LogP contribution < -0.4 is 0 Å². The Balaban J connectivity index is 2.04. The lowest BCUT2D eigenvalue weighted by Gasteiger charge is -2.37. The van der Waals surface area contributed by atoms with E-state index in [4.69, 9.17) is 4.42 Å². The summed E-state index contributed by atoms with van der Waals surface area (Å²) in [6, 6.07) is 2.62. The molecule has 1 aromatic rings. The van der Waals surface area contributed by atoms with Crippen LogP contribution in [0.25, 0.3) is 0 Å². The van der Waals surface area contributed by atoms with Gasteiger partial charge in [-0.05, 0) is 31.4 Å². The second kappa shape index (κ2) is 4.59. The van der Waals surface area contributed by atoms with Gasteiger partial charge in [-0.3, -0.25) is 4.79 Å². The Bertz CT molecular complexity index is 582. The van der Waals surface area contributed by atoms with Crippen LogP contribution in [0.15, 0.2) is 27.9 Å². The number of carbonyl (C=O) groups is 1. The molecule has 8 heteroatoms. The molecule has 1 fully saturated rings. The molecule has 1 aliphatic carbocycles. The largest absolute Gasteiger partial charge is 0.459 e. The zero-order valence-corrected chi connectivity index (χ0v) is 10.9. The second-order valence-electron chi connectivity index (χ2n) is 5.21. The van der Waals surface area contributed by atoms with Crippen LogP contribution in [0.5, 0.6) is 0 Å². The number of hydrazone groups is 1. The topological polar surface area (TPSA) is 66.0 Å². The minimum absolute atomic E-state index is 0.136. The zero-order valence-electron chi connectivity index (χ0n) is 10.9. The van der Waals surface area contributed by atoms with Crippen molar-refractivity contribution in [3.05, 3.63) is 24.2 Å². The highest BCUT2D eigenvalue weighted by molar-refractivity contribution is 5.97. The average molecular weight is 302 g/mol. The molecule has 1 amide bonds. The predicted molar refractivity (Wildman–Crippen MR) is 65.3 cm³/mol. The summed E-state index contributed by atoms with van der Waals surface area (Å²) in [5.74, 6) is -2.59. The summed E-state index contributed by atoms with van der Waals surface area (Å²) < 4.78 is 45.1. The molecule has 0 saturated heterocycles. The molecule has 2 atom stereocenters. The van der Waals surface area contributed by atoms with Gasteiger partial charge in [-0.15, -0.1) is 0 Å². The fourth-order valence-corrected chi connectivity index (χ4v) is 2.92. The molecule has 1 saturated carbocycles. The Morgan fingerprint density at radius 3 is 2.86 bits per heavy atom. The number of carbonyl (C=O) groups excluding carboxylic acids is 1. The van der Waals surface area contributed by atoms with Crippen LogP contribution >= 0.6 is 0 Å². The first-order chi connectivity index (χ1) is 9.85. The maximum atomic E-state index is 13.4. The van der Waals surface area contributed by atoms with Crippen LogP contribution in [-0.4, -0.2) is 33.6 Å². The van der Waals surface area contributed by atoms with Gasteiger partial charge in [0.15, 0.2) is 5.76 Å². The van der Waals surface area contributed by atoms with Gasteiger partial charge < -0.3 is 9.52 Å². The minimum atomic E-state index is -5.00. The number of aliphatic hydroxyl groups is 1. The fourth-order valence-electron chi connectivity index (χ4n) is 2.92. The average Bonchev–Trinajstić information content (AvgIpc) is 3.05. The summed E-state index contributed by atoms with van der Waals surface area (Å²) in [6.07, 6.45) is -2.06. The van der Waals surface area contributed by atoms with Crippen molar-refractivity contribution in [2.45, 2.75) is 37.6 Å². The molecule has 5 nitrogen and oxygen atoms in total. The third-order valence-corrected chi connectivity index (χ3v) is 3.96. The summed E-state index contributed by atoms with van der Waals surface area (Å²) in [6.45, 7) is 0. The highest BCUT2D eigenvalue weighted by Crippen LogP contribution is 2.48. The van der Waals surface area contributed by atoms with E-state index in [1.165, 1.54) is 18.4 Å². The third-order valence-electron chi connectivity index (χ3n) is 3.96. The fraction of sp³-hybridized carbons (Fsp3) is 0.538. The van der Waals surface area contributed by atoms with Crippen molar-refractivity contribution in [1.29, 1.82) is 0 Å². The molecule has 3 rings (SSSR count). The summed E-state index contributed by atoms with van der Waals surface area (Å²) in [5.41, 5.74) is -3.08. The van der Waals surface area contributed by atoms with Crippen molar-refractivity contribution in [1.82, 2.24) is 5.01 Å². The number of halogens is 3. The van der Waals surface area contributed by atoms with E-state index in [1.807, 2.05) is 0 Å². The maximum Gasteiger partial charge on any atom is 0.439 e. The Hall–Kier alpha value is -1.83. The van der Waals surface area contributed by atoms with E-state index < -0.39 is 23.7 Å². The first kappa shape index (κ1) is 14.1. The molecule has 0 spiro atoms. The SMILES string of the molecule is O=C(c1ccco1)N1N=C2CCCC[C@@H]2[C@@]1(O)C(F)(F)F. The van der Waals surface area contributed by atoms with Gasteiger partial charge in [0.1, 0.15) is 0 Å². The number of nitrogens with zero attached hydrogens (tertiary/aromatic N) is 2. The normalized spacial score (nSPS) is 29.2. The van der Waals surface area contributed by atoms with Gasteiger partial charge in [0.2, 0.25) is 0 Å². The van der Waals surface area contributed by atoms with Crippen LogP contribution in [0.2, 0.25) is 0 Å². The molecule has 21 heavy (non-hydrogen) atoms.